The average molecular weight is 763 g/mol. The topological polar surface area (TPSA) is 0 Å². The smallest absolute Gasteiger partial charge is 0.489 e. The van der Waals surface area contributed by atoms with Gasteiger partial charge in [0.1, 0.15) is 0 Å². The first-order chi connectivity index (χ1) is 19.9. The minimum atomic E-state index is 0. The fraction of sp³-hybridized carbons (Fsp3) is 0.941. The molecule has 0 aromatic heterocycles. The second-order valence-electron chi connectivity index (χ2n) is 12.7. The standard InChI is InChI=1S/2C17H35NS3.Zn/c2*1-5-9-11-15(7-3)13-18(21,17(19)20)14-16(8-4)12-10-6-2;/h2*15-16H,5-14H2,1-4H3,(H,19,20);/q;;+2/p-2. The van der Waals surface area contributed by atoms with E-state index in [4.69, 9.17) is 75.3 Å². The second-order valence-corrected chi connectivity index (χ2v) is 16.2. The van der Waals surface area contributed by atoms with Crippen LogP contribution in [0.25, 0.3) is 0 Å². The van der Waals surface area contributed by atoms with Crippen molar-refractivity contribution in [2.24, 2.45) is 23.7 Å². The van der Waals surface area contributed by atoms with Gasteiger partial charge in [0.15, 0.2) is 0 Å². The van der Waals surface area contributed by atoms with Crippen LogP contribution in [0.3, 0.4) is 0 Å². The van der Waals surface area contributed by atoms with Crippen LogP contribution in [0.15, 0.2) is 0 Å². The second kappa shape index (κ2) is 30.0. The molecule has 0 N–H and O–H groups in total. The number of hydrogen-bond donors (Lipinski definition) is 0. The van der Waals surface area contributed by atoms with E-state index in [1.807, 2.05) is 0 Å². The summed E-state index contributed by atoms with van der Waals surface area (Å²) in [4.78, 5) is 0. The summed E-state index contributed by atoms with van der Waals surface area (Å²) < 4.78 is 1.98. The third-order valence-corrected chi connectivity index (χ3v) is 11.9. The Labute approximate surface area is 316 Å². The van der Waals surface area contributed by atoms with Crippen LogP contribution >= 0.6 is 24.4 Å². The molecular formula is C34H68N2S6Zn. The van der Waals surface area contributed by atoms with Crippen molar-refractivity contribution in [2.75, 3.05) is 26.2 Å². The molecule has 0 saturated carbocycles. The quantitative estimate of drug-likeness (QED) is 0.0413. The predicted octanol–water partition coefficient (Wildman–Crippen LogP) is 11.1. The number of unbranched alkanes of at least 4 members (excludes halogenated alkanes) is 4. The number of thiocarbonyl (C=S) groups is 2. The molecule has 0 saturated heterocycles. The molecule has 0 aliphatic rings. The Morgan fingerprint density at radius 1 is 0.465 bits per heavy atom. The molecule has 0 rings (SSSR count). The van der Waals surface area contributed by atoms with Crippen molar-refractivity contribution >= 4 is 84.0 Å². The van der Waals surface area contributed by atoms with Gasteiger partial charge in [-0.3, -0.25) is 0 Å². The average Bonchev–Trinajstić information content (AvgIpc) is 2.97. The summed E-state index contributed by atoms with van der Waals surface area (Å²) in [6.07, 6.45) is 19.9. The molecule has 252 valence electrons. The van der Waals surface area contributed by atoms with Crippen molar-refractivity contribution in [3.63, 3.8) is 0 Å². The van der Waals surface area contributed by atoms with Crippen LogP contribution in [0.5, 0.6) is 0 Å². The Morgan fingerprint density at radius 2 is 0.651 bits per heavy atom. The zero-order valence-corrected chi connectivity index (χ0v) is 37.4. The van der Waals surface area contributed by atoms with Gasteiger partial charge in [0, 0.05) is 32.3 Å². The molecule has 9 heteroatoms. The third kappa shape index (κ3) is 23.0. The van der Waals surface area contributed by atoms with E-state index in [0.717, 1.165) is 26.2 Å². The Bertz CT molecular complexity index is 589. The summed E-state index contributed by atoms with van der Waals surface area (Å²) in [6, 6.07) is 0. The van der Waals surface area contributed by atoms with Gasteiger partial charge < -0.3 is 83.1 Å². The largest absolute Gasteiger partial charge is 2.00 e. The van der Waals surface area contributed by atoms with Crippen molar-refractivity contribution in [3.05, 3.63) is 0 Å². The summed E-state index contributed by atoms with van der Waals surface area (Å²) in [6.45, 7) is 21.9. The monoisotopic (exact) mass is 760 g/mol. The van der Waals surface area contributed by atoms with Gasteiger partial charge in [-0.25, -0.2) is 0 Å². The third-order valence-electron chi connectivity index (χ3n) is 9.05. The molecule has 0 aromatic rings. The SMILES string of the molecule is CCCCC(CC)C[N+]([S-])(CC(CC)CCCC)C(=S)[S-].CCCCC(CC)C[N+]([S-])(CC(CC)CCCC)C(=S)[S-].[Zn+2]. The van der Waals surface area contributed by atoms with Crippen LogP contribution in [0.2, 0.25) is 0 Å². The fourth-order valence-corrected chi connectivity index (χ4v) is 7.22. The summed E-state index contributed by atoms with van der Waals surface area (Å²) >= 11 is 33.3. The van der Waals surface area contributed by atoms with E-state index in [9.17, 15) is 0 Å². The molecular weight excluding hydrogens is 694 g/mol. The molecule has 0 bridgehead atoms. The minimum absolute atomic E-state index is 0. The first-order valence-corrected chi connectivity index (χ1v) is 19.8. The van der Waals surface area contributed by atoms with E-state index < -0.39 is 0 Å². The van der Waals surface area contributed by atoms with E-state index in [2.05, 4.69) is 55.4 Å². The van der Waals surface area contributed by atoms with Gasteiger partial charge in [-0.05, 0) is 51.4 Å². The molecule has 0 fully saturated rings. The molecule has 43 heavy (non-hydrogen) atoms. The van der Waals surface area contributed by atoms with Crippen LogP contribution in [-0.4, -0.2) is 42.6 Å². The zero-order chi connectivity index (χ0) is 32.6. The van der Waals surface area contributed by atoms with Crippen LogP contribution < -0.4 is 0 Å². The predicted molar refractivity (Wildman–Crippen MR) is 208 cm³/mol. The van der Waals surface area contributed by atoms with Gasteiger partial charge in [-0.2, -0.15) is 0 Å². The molecule has 2 nitrogen and oxygen atoms in total. The van der Waals surface area contributed by atoms with E-state index in [-0.39, 0.29) is 19.5 Å². The molecule has 0 aliphatic heterocycles. The molecule has 0 heterocycles. The van der Waals surface area contributed by atoms with Gasteiger partial charge >= 0.3 is 19.5 Å². The van der Waals surface area contributed by atoms with Gasteiger partial charge in [-0.15, -0.1) is 0 Å². The van der Waals surface area contributed by atoms with Crippen LogP contribution in [-0.2, 0) is 70.4 Å². The van der Waals surface area contributed by atoms with Crippen molar-refractivity contribution in [3.8, 4) is 0 Å². The molecule has 0 radical (unpaired) electrons. The van der Waals surface area contributed by atoms with Gasteiger partial charge in [0.25, 0.3) is 0 Å². The van der Waals surface area contributed by atoms with Gasteiger partial charge in [0.2, 0.25) is 0 Å². The van der Waals surface area contributed by atoms with E-state index in [1.165, 1.54) is 103 Å². The minimum Gasteiger partial charge on any atom is -0.489 e. The Morgan fingerprint density at radius 3 is 0.767 bits per heavy atom. The first-order valence-electron chi connectivity index (χ1n) is 17.4. The van der Waals surface area contributed by atoms with Gasteiger partial charge in [-0.1, -0.05) is 107 Å². The van der Waals surface area contributed by atoms with Crippen molar-refractivity contribution in [2.45, 2.75) is 158 Å². The summed E-state index contributed by atoms with van der Waals surface area (Å²) in [7, 11) is 0. The maximum Gasteiger partial charge on any atom is 2.00 e. The van der Waals surface area contributed by atoms with Crippen molar-refractivity contribution in [1.29, 1.82) is 0 Å². The van der Waals surface area contributed by atoms with E-state index in [1.54, 1.807) is 0 Å². The van der Waals surface area contributed by atoms with Gasteiger partial charge in [0.05, 0.1) is 26.2 Å². The molecule has 0 amide bonds. The maximum absolute atomic E-state index is 5.90. The van der Waals surface area contributed by atoms with Crippen LogP contribution in [0, 0.1) is 23.7 Å². The number of hydrogen-bond acceptors (Lipinski definition) is 6. The normalized spacial score (nSPS) is 16.8. The molecule has 4 atom stereocenters. The Kier molecular flexibility index (Phi) is 34.3. The fourth-order valence-electron chi connectivity index (χ4n) is 5.78. The number of rotatable bonds is 24. The summed E-state index contributed by atoms with van der Waals surface area (Å²) in [5.41, 5.74) is 0. The molecule has 0 aliphatic carbocycles. The van der Waals surface area contributed by atoms with Crippen molar-refractivity contribution < 1.29 is 27.3 Å². The zero-order valence-electron chi connectivity index (χ0n) is 29.5. The molecule has 0 aromatic carbocycles. The van der Waals surface area contributed by atoms with E-state index in [0.29, 0.717) is 40.1 Å². The number of quaternary nitrogens is 2. The Balaban J connectivity index is -0.000000727. The summed E-state index contributed by atoms with van der Waals surface area (Å²) in [5.74, 6) is 2.64. The Hall–Kier alpha value is 1.86. The van der Waals surface area contributed by atoms with Crippen LogP contribution in [0.4, 0.5) is 0 Å². The molecule has 0 spiro atoms. The molecule has 4 unspecified atom stereocenters. The number of nitrogens with zero attached hydrogens (tertiary/aromatic N) is 2. The summed E-state index contributed by atoms with van der Waals surface area (Å²) in [5, 5.41) is 0. The van der Waals surface area contributed by atoms with Crippen molar-refractivity contribution in [1.82, 2.24) is 0 Å². The first kappa shape index (κ1) is 49.3. The maximum atomic E-state index is 5.90. The van der Waals surface area contributed by atoms with Crippen LogP contribution in [0.1, 0.15) is 158 Å². The van der Waals surface area contributed by atoms with E-state index >= 15 is 0 Å².